The number of aliphatic carboxylic acids is 1. The van der Waals surface area contributed by atoms with E-state index in [1.165, 1.54) is 23.1 Å². The molecule has 1 amide bonds. The third-order valence-electron chi connectivity index (χ3n) is 5.57. The summed E-state index contributed by atoms with van der Waals surface area (Å²) in [6.45, 7) is 0.640. The minimum atomic E-state index is -5.00. The van der Waals surface area contributed by atoms with Gasteiger partial charge in [0.1, 0.15) is 15.8 Å². The van der Waals surface area contributed by atoms with Gasteiger partial charge in [0.05, 0.1) is 28.6 Å². The molecular formula is C22H16F6N2O4S2. The maximum absolute atomic E-state index is 13.2. The molecule has 1 unspecified atom stereocenters. The van der Waals surface area contributed by atoms with Gasteiger partial charge in [0.25, 0.3) is 5.91 Å². The summed E-state index contributed by atoms with van der Waals surface area (Å²) in [5, 5.41) is 8.95. The molecule has 1 aromatic carbocycles. The van der Waals surface area contributed by atoms with E-state index >= 15 is 0 Å². The van der Waals surface area contributed by atoms with Gasteiger partial charge in [-0.2, -0.15) is 26.3 Å². The summed E-state index contributed by atoms with van der Waals surface area (Å²) >= 11 is 6.27. The highest BCUT2D eigenvalue weighted by molar-refractivity contribution is 8.26. The number of carbonyl (C=O) groups excluding carboxylic acids is 1. The minimum absolute atomic E-state index is 0.0271. The zero-order valence-electron chi connectivity index (χ0n) is 18.0. The molecule has 2 aromatic rings. The van der Waals surface area contributed by atoms with Gasteiger partial charge in [-0.3, -0.25) is 19.4 Å². The van der Waals surface area contributed by atoms with E-state index in [-0.39, 0.29) is 39.4 Å². The van der Waals surface area contributed by atoms with Crippen molar-refractivity contribution in [2.45, 2.75) is 24.8 Å². The average Bonchev–Trinajstić information content (AvgIpc) is 3.47. The molecule has 2 aliphatic rings. The fourth-order valence-corrected chi connectivity index (χ4v) is 5.34. The Morgan fingerprint density at radius 1 is 1.14 bits per heavy atom. The van der Waals surface area contributed by atoms with Gasteiger partial charge in [-0.15, -0.1) is 0 Å². The summed E-state index contributed by atoms with van der Waals surface area (Å²) in [6, 6.07) is 3.35. The van der Waals surface area contributed by atoms with Crippen molar-refractivity contribution in [3.63, 3.8) is 0 Å². The van der Waals surface area contributed by atoms with Gasteiger partial charge in [0.2, 0.25) is 0 Å². The molecule has 192 valence electrons. The zero-order valence-corrected chi connectivity index (χ0v) is 19.7. The van der Waals surface area contributed by atoms with E-state index in [0.29, 0.717) is 31.6 Å². The van der Waals surface area contributed by atoms with Crippen molar-refractivity contribution in [1.82, 2.24) is 9.80 Å². The molecule has 0 bridgehead atoms. The number of thiocarbonyl (C=S) groups is 1. The summed E-state index contributed by atoms with van der Waals surface area (Å²) < 4.78 is 84.7. The number of carbonyl (C=O) groups is 2. The highest BCUT2D eigenvalue weighted by Gasteiger charge is 2.41. The lowest BCUT2D eigenvalue weighted by Crippen LogP contribution is -2.41. The number of likely N-dealkylation sites (tertiary alicyclic amines) is 1. The predicted octanol–water partition coefficient (Wildman–Crippen LogP) is 5.34. The average molecular weight is 551 g/mol. The summed E-state index contributed by atoms with van der Waals surface area (Å²) in [5.74, 6) is -1.63. The van der Waals surface area contributed by atoms with E-state index in [1.54, 1.807) is 4.90 Å². The summed E-state index contributed by atoms with van der Waals surface area (Å²) in [5.41, 5.74) is -3.37. The molecule has 0 saturated carbocycles. The Labute approximate surface area is 209 Å². The lowest BCUT2D eigenvalue weighted by atomic mass is 10.0. The monoisotopic (exact) mass is 550 g/mol. The number of furan rings is 1. The van der Waals surface area contributed by atoms with Crippen LogP contribution in [-0.4, -0.2) is 56.8 Å². The fraction of sp³-hybridized carbons (Fsp3) is 0.318. The SMILES string of the molecule is O=C(O)CN1CCC(N2C(=O)/C(=C/c3ccc(-c4cc(C(F)(F)F)cc(C(F)(F)F)c4)o3)SC2=S)C1. The number of benzene rings is 1. The number of alkyl halides is 6. The van der Waals surface area contributed by atoms with Crippen LogP contribution in [0.3, 0.4) is 0 Å². The van der Waals surface area contributed by atoms with Gasteiger partial charge in [-0.25, -0.2) is 0 Å². The predicted molar refractivity (Wildman–Crippen MR) is 122 cm³/mol. The maximum Gasteiger partial charge on any atom is 0.416 e. The number of hydrogen-bond acceptors (Lipinski definition) is 6. The molecule has 1 N–H and O–H groups in total. The highest BCUT2D eigenvalue weighted by atomic mass is 32.2. The first-order valence-corrected chi connectivity index (χ1v) is 11.6. The van der Waals surface area contributed by atoms with E-state index < -0.39 is 40.9 Å². The van der Waals surface area contributed by atoms with Crippen LogP contribution in [0.2, 0.25) is 0 Å². The maximum atomic E-state index is 13.2. The first-order valence-electron chi connectivity index (χ1n) is 10.3. The number of thioether (sulfide) groups is 1. The lowest BCUT2D eigenvalue weighted by Gasteiger charge is -2.22. The van der Waals surface area contributed by atoms with Crippen LogP contribution in [0.15, 0.2) is 39.7 Å². The van der Waals surface area contributed by atoms with Crippen LogP contribution in [0, 0.1) is 0 Å². The molecule has 4 rings (SSSR count). The Hall–Kier alpha value is -2.84. The minimum Gasteiger partial charge on any atom is -0.480 e. The number of amides is 1. The summed E-state index contributed by atoms with van der Waals surface area (Å²) in [7, 11) is 0. The molecule has 0 radical (unpaired) electrons. The van der Waals surface area contributed by atoms with Gasteiger partial charge in [0.15, 0.2) is 0 Å². The summed E-state index contributed by atoms with van der Waals surface area (Å²) in [4.78, 5) is 27.1. The molecule has 2 saturated heterocycles. The molecule has 0 spiro atoms. The normalized spacial score (nSPS) is 20.7. The van der Waals surface area contributed by atoms with Crippen LogP contribution in [0.5, 0.6) is 0 Å². The van der Waals surface area contributed by atoms with Crippen molar-refractivity contribution in [2.24, 2.45) is 0 Å². The Morgan fingerprint density at radius 2 is 1.78 bits per heavy atom. The molecule has 1 atom stereocenters. The largest absolute Gasteiger partial charge is 0.480 e. The number of carboxylic acids is 1. The van der Waals surface area contributed by atoms with Crippen LogP contribution < -0.4 is 0 Å². The van der Waals surface area contributed by atoms with Gasteiger partial charge < -0.3 is 9.52 Å². The molecule has 6 nitrogen and oxygen atoms in total. The Bertz CT molecular complexity index is 1220. The van der Waals surface area contributed by atoms with E-state index in [9.17, 15) is 35.9 Å². The van der Waals surface area contributed by atoms with Crippen LogP contribution in [-0.2, 0) is 21.9 Å². The van der Waals surface area contributed by atoms with Crippen LogP contribution >= 0.6 is 24.0 Å². The van der Waals surface area contributed by atoms with Crippen molar-refractivity contribution in [3.8, 4) is 11.3 Å². The molecule has 36 heavy (non-hydrogen) atoms. The third kappa shape index (κ3) is 5.60. The Morgan fingerprint density at radius 3 is 2.36 bits per heavy atom. The Balaban J connectivity index is 1.57. The van der Waals surface area contributed by atoms with Gasteiger partial charge in [-0.1, -0.05) is 24.0 Å². The Kier molecular flexibility index (Phi) is 6.96. The van der Waals surface area contributed by atoms with Crippen molar-refractivity contribution in [3.05, 3.63) is 52.1 Å². The number of hydrogen-bond donors (Lipinski definition) is 1. The first-order chi connectivity index (χ1) is 16.7. The summed E-state index contributed by atoms with van der Waals surface area (Å²) in [6.07, 6.45) is -8.17. The molecule has 2 aliphatic heterocycles. The van der Waals surface area contributed by atoms with E-state index in [1.807, 2.05) is 0 Å². The van der Waals surface area contributed by atoms with Crippen LogP contribution in [0.25, 0.3) is 17.4 Å². The molecule has 14 heteroatoms. The molecule has 2 fully saturated rings. The zero-order chi connectivity index (χ0) is 26.4. The lowest BCUT2D eigenvalue weighted by molar-refractivity contribution is -0.143. The standard InChI is InChI=1S/C22H16F6N2O4S2/c23-21(24,25)12-5-11(6-13(7-12)22(26,27)28)16-2-1-15(34-16)8-17-19(33)30(20(35)36-17)14-3-4-29(9-14)10-18(31)32/h1-2,5-8,14H,3-4,9-10H2,(H,31,32)/b17-8-. The van der Waals surface area contributed by atoms with E-state index in [2.05, 4.69) is 0 Å². The molecule has 3 heterocycles. The second-order valence-corrected chi connectivity index (χ2v) is 9.80. The van der Waals surface area contributed by atoms with Crippen molar-refractivity contribution in [2.75, 3.05) is 19.6 Å². The van der Waals surface area contributed by atoms with Gasteiger partial charge in [0, 0.05) is 24.7 Å². The molecule has 0 aliphatic carbocycles. The van der Waals surface area contributed by atoms with Crippen molar-refractivity contribution >= 4 is 46.3 Å². The van der Waals surface area contributed by atoms with Crippen molar-refractivity contribution < 1.29 is 45.5 Å². The van der Waals surface area contributed by atoms with Gasteiger partial charge >= 0.3 is 18.3 Å². The molecule has 1 aromatic heterocycles. The van der Waals surface area contributed by atoms with E-state index in [4.69, 9.17) is 21.7 Å². The van der Waals surface area contributed by atoms with Crippen LogP contribution in [0.1, 0.15) is 23.3 Å². The highest BCUT2D eigenvalue weighted by Crippen LogP contribution is 2.40. The topological polar surface area (TPSA) is 74.0 Å². The third-order valence-corrected chi connectivity index (χ3v) is 6.90. The number of carboxylic acid groups (broad SMARTS) is 1. The van der Waals surface area contributed by atoms with E-state index in [0.717, 1.165) is 11.8 Å². The molecular weight excluding hydrogens is 534 g/mol. The smallest absolute Gasteiger partial charge is 0.416 e. The second kappa shape index (κ2) is 9.56. The fourth-order valence-electron chi connectivity index (χ4n) is 3.96. The van der Waals surface area contributed by atoms with Crippen molar-refractivity contribution in [1.29, 1.82) is 0 Å². The number of rotatable bonds is 5. The number of halogens is 6. The van der Waals surface area contributed by atoms with Gasteiger partial charge in [-0.05, 0) is 36.8 Å². The quantitative estimate of drug-likeness (QED) is 0.306. The second-order valence-electron chi connectivity index (χ2n) is 8.12. The van der Waals surface area contributed by atoms with Crippen LogP contribution in [0.4, 0.5) is 26.3 Å². The number of nitrogens with zero attached hydrogens (tertiary/aromatic N) is 2. The first kappa shape index (κ1) is 26.2.